The number of pyridine rings is 1. The van der Waals surface area contributed by atoms with Crippen LogP contribution in [0.1, 0.15) is 24.4 Å². The molecule has 124 valence electrons. The summed E-state index contributed by atoms with van der Waals surface area (Å²) < 4.78 is 46.1. The van der Waals surface area contributed by atoms with Crippen LogP contribution in [-0.2, 0) is 17.5 Å². The lowest BCUT2D eigenvalue weighted by Crippen LogP contribution is -2.39. The zero-order valence-corrected chi connectivity index (χ0v) is 12.5. The maximum absolute atomic E-state index is 12.8. The van der Waals surface area contributed by atoms with Crippen LogP contribution in [0.2, 0.25) is 0 Å². The zero-order valence-electron chi connectivity index (χ0n) is 12.5. The third kappa shape index (κ3) is 3.29. The molecule has 1 fully saturated rings. The summed E-state index contributed by atoms with van der Waals surface area (Å²) in [6.07, 6.45) is -1.94. The monoisotopic (exact) mass is 327 g/mol. The Morgan fingerprint density at radius 2 is 2.22 bits per heavy atom. The van der Waals surface area contributed by atoms with Gasteiger partial charge >= 0.3 is 6.18 Å². The van der Waals surface area contributed by atoms with Crippen LogP contribution in [0.4, 0.5) is 19.0 Å². The molecule has 9 heteroatoms. The second-order valence-corrected chi connectivity index (χ2v) is 5.18. The first-order chi connectivity index (χ1) is 11.0. The minimum absolute atomic E-state index is 0.288. The van der Waals surface area contributed by atoms with Crippen LogP contribution in [0.15, 0.2) is 24.7 Å². The van der Waals surface area contributed by atoms with Gasteiger partial charge in [-0.1, -0.05) is 0 Å². The molecular formula is C14H16F3N5O. The van der Waals surface area contributed by atoms with E-state index in [0.717, 1.165) is 12.1 Å². The van der Waals surface area contributed by atoms with Crippen LogP contribution in [0.25, 0.3) is 0 Å². The van der Waals surface area contributed by atoms with E-state index in [4.69, 9.17) is 4.74 Å². The maximum Gasteiger partial charge on any atom is 0.416 e. The number of ether oxygens (including phenoxy) is 1. The molecule has 0 radical (unpaired) electrons. The molecule has 1 unspecified atom stereocenters. The van der Waals surface area contributed by atoms with Crippen LogP contribution in [0, 0.1) is 0 Å². The summed E-state index contributed by atoms with van der Waals surface area (Å²) in [6.45, 7) is 3.91. The van der Waals surface area contributed by atoms with E-state index in [0.29, 0.717) is 32.1 Å². The fourth-order valence-corrected chi connectivity index (χ4v) is 2.54. The summed E-state index contributed by atoms with van der Waals surface area (Å²) in [4.78, 5) is 5.84. The summed E-state index contributed by atoms with van der Waals surface area (Å²) in [6, 6.07) is 2.03. The number of hydrogen-bond acceptors (Lipinski definition) is 5. The van der Waals surface area contributed by atoms with Gasteiger partial charge in [-0.2, -0.15) is 13.2 Å². The SMILES string of the molecule is CCn1cnnc1C1CN(c2cc(C(F)(F)F)ccn2)CCO1. The molecule has 3 heterocycles. The molecule has 0 bridgehead atoms. The average Bonchev–Trinajstić information content (AvgIpc) is 3.03. The third-order valence-corrected chi connectivity index (χ3v) is 3.74. The predicted molar refractivity (Wildman–Crippen MR) is 75.8 cm³/mol. The number of morpholine rings is 1. The Morgan fingerprint density at radius 3 is 2.96 bits per heavy atom. The summed E-state index contributed by atoms with van der Waals surface area (Å²) >= 11 is 0. The highest BCUT2D eigenvalue weighted by Gasteiger charge is 2.32. The molecule has 0 aromatic carbocycles. The van der Waals surface area contributed by atoms with E-state index in [2.05, 4.69) is 15.2 Å². The highest BCUT2D eigenvalue weighted by atomic mass is 19.4. The molecule has 1 atom stereocenters. The Hall–Kier alpha value is -2.16. The number of aromatic nitrogens is 4. The zero-order chi connectivity index (χ0) is 16.4. The molecular weight excluding hydrogens is 311 g/mol. The van der Waals surface area contributed by atoms with E-state index < -0.39 is 11.7 Å². The van der Waals surface area contributed by atoms with E-state index >= 15 is 0 Å². The Morgan fingerprint density at radius 1 is 1.39 bits per heavy atom. The predicted octanol–water partition coefficient (Wildman–Crippen LogP) is 2.29. The Labute approximate surface area is 130 Å². The van der Waals surface area contributed by atoms with Crippen molar-refractivity contribution in [3.8, 4) is 0 Å². The lowest BCUT2D eigenvalue weighted by molar-refractivity contribution is -0.137. The summed E-state index contributed by atoms with van der Waals surface area (Å²) in [7, 11) is 0. The van der Waals surface area contributed by atoms with Gasteiger partial charge in [0.05, 0.1) is 18.7 Å². The lowest BCUT2D eigenvalue weighted by Gasteiger charge is -2.33. The van der Waals surface area contributed by atoms with Gasteiger partial charge in [0.1, 0.15) is 18.2 Å². The van der Waals surface area contributed by atoms with Gasteiger partial charge in [-0.05, 0) is 19.1 Å². The van der Waals surface area contributed by atoms with Crippen LogP contribution >= 0.6 is 0 Å². The molecule has 0 spiro atoms. The molecule has 2 aromatic rings. The third-order valence-electron chi connectivity index (χ3n) is 3.74. The number of nitrogens with zero attached hydrogens (tertiary/aromatic N) is 5. The summed E-state index contributed by atoms with van der Waals surface area (Å²) in [5.41, 5.74) is -0.706. The number of halogens is 3. The first-order valence-corrected chi connectivity index (χ1v) is 7.26. The first kappa shape index (κ1) is 15.7. The molecule has 3 rings (SSSR count). The van der Waals surface area contributed by atoms with Crippen molar-refractivity contribution < 1.29 is 17.9 Å². The van der Waals surface area contributed by atoms with Gasteiger partial charge in [0.15, 0.2) is 5.82 Å². The highest BCUT2D eigenvalue weighted by Crippen LogP contribution is 2.32. The first-order valence-electron chi connectivity index (χ1n) is 7.26. The van der Waals surface area contributed by atoms with Crippen LogP contribution in [0.5, 0.6) is 0 Å². The van der Waals surface area contributed by atoms with Crippen molar-refractivity contribution in [2.45, 2.75) is 25.7 Å². The van der Waals surface area contributed by atoms with Crippen molar-refractivity contribution in [2.24, 2.45) is 0 Å². The van der Waals surface area contributed by atoms with Gasteiger partial charge in [-0.3, -0.25) is 0 Å². The Bertz CT molecular complexity index is 672. The maximum atomic E-state index is 12.8. The normalized spacial score (nSPS) is 19.1. The lowest BCUT2D eigenvalue weighted by atomic mass is 10.2. The number of aryl methyl sites for hydroxylation is 1. The van der Waals surface area contributed by atoms with Crippen molar-refractivity contribution in [3.05, 3.63) is 36.0 Å². The number of rotatable bonds is 3. The van der Waals surface area contributed by atoms with Crippen molar-refractivity contribution in [2.75, 3.05) is 24.6 Å². The number of alkyl halides is 3. The largest absolute Gasteiger partial charge is 0.416 e. The smallest absolute Gasteiger partial charge is 0.366 e. The fourth-order valence-electron chi connectivity index (χ4n) is 2.54. The van der Waals surface area contributed by atoms with Crippen molar-refractivity contribution >= 4 is 5.82 Å². The molecule has 2 aromatic heterocycles. The van der Waals surface area contributed by atoms with Gasteiger partial charge in [-0.15, -0.1) is 10.2 Å². The summed E-state index contributed by atoms with van der Waals surface area (Å²) in [5.74, 6) is 0.958. The van der Waals surface area contributed by atoms with E-state index in [-0.39, 0.29) is 11.9 Å². The van der Waals surface area contributed by atoms with Gasteiger partial charge in [0, 0.05) is 19.3 Å². The Kier molecular flexibility index (Phi) is 4.20. The Balaban J connectivity index is 1.81. The quantitative estimate of drug-likeness (QED) is 0.866. The molecule has 0 aliphatic carbocycles. The molecule has 0 saturated carbocycles. The van der Waals surface area contributed by atoms with Gasteiger partial charge < -0.3 is 14.2 Å². The molecule has 1 saturated heterocycles. The molecule has 1 aliphatic rings. The van der Waals surface area contributed by atoms with Crippen molar-refractivity contribution in [3.63, 3.8) is 0 Å². The second-order valence-electron chi connectivity index (χ2n) is 5.18. The van der Waals surface area contributed by atoms with Gasteiger partial charge in [0.25, 0.3) is 0 Å². The van der Waals surface area contributed by atoms with E-state index in [9.17, 15) is 13.2 Å². The minimum Gasteiger partial charge on any atom is -0.366 e. The van der Waals surface area contributed by atoms with Gasteiger partial charge in [-0.25, -0.2) is 4.98 Å². The molecule has 0 N–H and O–H groups in total. The second kappa shape index (κ2) is 6.15. The molecule has 23 heavy (non-hydrogen) atoms. The van der Waals surface area contributed by atoms with E-state index in [1.807, 2.05) is 11.5 Å². The topological polar surface area (TPSA) is 56.1 Å². The van der Waals surface area contributed by atoms with E-state index in [1.165, 1.54) is 6.20 Å². The standard InChI is InChI=1S/C14H16F3N5O/c1-2-21-9-19-20-13(21)11-8-22(5-6-23-11)12-7-10(3-4-18-12)14(15,16)17/h3-4,7,9,11H,2,5-6,8H2,1H3. The number of anilines is 1. The molecule has 1 aliphatic heterocycles. The summed E-state index contributed by atoms with van der Waals surface area (Å²) in [5, 5.41) is 7.92. The van der Waals surface area contributed by atoms with Crippen LogP contribution < -0.4 is 4.90 Å². The fraction of sp³-hybridized carbons (Fsp3) is 0.500. The van der Waals surface area contributed by atoms with Crippen molar-refractivity contribution in [1.29, 1.82) is 0 Å². The minimum atomic E-state index is -4.38. The van der Waals surface area contributed by atoms with Gasteiger partial charge in [0.2, 0.25) is 0 Å². The van der Waals surface area contributed by atoms with Crippen molar-refractivity contribution in [1.82, 2.24) is 19.7 Å². The highest BCUT2D eigenvalue weighted by molar-refractivity contribution is 5.42. The average molecular weight is 327 g/mol. The molecule has 6 nitrogen and oxygen atoms in total. The van der Waals surface area contributed by atoms with Crippen LogP contribution in [0.3, 0.4) is 0 Å². The number of hydrogen-bond donors (Lipinski definition) is 0. The van der Waals surface area contributed by atoms with E-state index in [1.54, 1.807) is 11.2 Å². The van der Waals surface area contributed by atoms with Crippen LogP contribution in [-0.4, -0.2) is 39.4 Å². The molecule has 0 amide bonds.